The molecule has 0 saturated carbocycles. The van der Waals surface area contributed by atoms with Gasteiger partial charge in [-0.25, -0.2) is 9.97 Å². The molecule has 0 amide bonds. The number of nitrogens with zero attached hydrogens (tertiary/aromatic N) is 4. The summed E-state index contributed by atoms with van der Waals surface area (Å²) in [7, 11) is 3.03. The van der Waals surface area contributed by atoms with Crippen LogP contribution in [0.2, 0.25) is 0 Å². The van der Waals surface area contributed by atoms with E-state index in [0.29, 0.717) is 22.6 Å². The van der Waals surface area contributed by atoms with Crippen molar-refractivity contribution in [2.24, 2.45) is 0 Å². The third-order valence-electron chi connectivity index (χ3n) is 3.42. The van der Waals surface area contributed by atoms with E-state index in [0.717, 1.165) is 5.75 Å². The summed E-state index contributed by atoms with van der Waals surface area (Å²) in [5, 5.41) is 19.8. The highest BCUT2D eigenvalue weighted by Gasteiger charge is 2.35. The molecule has 124 valence electrons. The number of aliphatic hydroxyl groups is 2. The van der Waals surface area contributed by atoms with Gasteiger partial charge in [0.2, 0.25) is 5.95 Å². The summed E-state index contributed by atoms with van der Waals surface area (Å²) < 4.78 is 7.37. The van der Waals surface area contributed by atoms with Crippen molar-refractivity contribution in [1.29, 1.82) is 0 Å². The first-order chi connectivity index (χ1) is 11.1. The molecule has 0 radical (unpaired) electrons. The molecule has 0 aromatic carbocycles. The molecule has 3 atom stereocenters. The molecule has 10 heteroatoms. The highest BCUT2D eigenvalue weighted by Crippen LogP contribution is 2.36. The zero-order valence-electron chi connectivity index (χ0n) is 12.2. The number of nitrogen functional groups attached to an aromatic ring is 1. The number of fused-ring (bicyclic) bond motifs is 1. The molecule has 0 spiro atoms. The largest absolute Gasteiger partial charge is 0.394 e. The number of hydrogen-bond acceptors (Lipinski definition) is 9. The maximum atomic E-state index is 9.89. The normalized spacial score (nSPS) is 24.3. The predicted octanol–water partition coefficient (Wildman–Crippen LogP) is 0.976. The molecule has 0 unspecified atom stereocenters. The molecule has 0 aliphatic carbocycles. The standard InChI is InChI=1S/C13H17N5O3S2/c1-2-3-22-23-12-10-11(16-13(14)17-12)18(6-15-10)9-4-7(20)8(5-19)21-9/h2,6-9,19-20H,1,3-5H2,(H2,14,16,17)/t7-,8+,9-/m0/s1. The van der Waals surface area contributed by atoms with Crippen LogP contribution < -0.4 is 5.73 Å². The van der Waals surface area contributed by atoms with Crippen molar-refractivity contribution in [2.75, 3.05) is 18.1 Å². The maximum absolute atomic E-state index is 9.89. The van der Waals surface area contributed by atoms with Crippen LogP contribution in [-0.2, 0) is 4.74 Å². The third kappa shape index (κ3) is 3.31. The van der Waals surface area contributed by atoms with Crippen LogP contribution in [0, 0.1) is 0 Å². The van der Waals surface area contributed by atoms with E-state index < -0.39 is 18.4 Å². The summed E-state index contributed by atoms with van der Waals surface area (Å²) in [5.74, 6) is 0.922. The van der Waals surface area contributed by atoms with Crippen molar-refractivity contribution in [3.05, 3.63) is 19.0 Å². The van der Waals surface area contributed by atoms with Gasteiger partial charge in [-0.1, -0.05) is 16.9 Å². The van der Waals surface area contributed by atoms with Crippen molar-refractivity contribution in [3.63, 3.8) is 0 Å². The molecule has 0 bridgehead atoms. The van der Waals surface area contributed by atoms with Gasteiger partial charge < -0.3 is 20.7 Å². The maximum Gasteiger partial charge on any atom is 0.223 e. The number of aliphatic hydroxyl groups excluding tert-OH is 2. The second-order valence-corrected chi connectivity index (χ2v) is 7.31. The fourth-order valence-corrected chi connectivity index (χ4v) is 4.17. The average Bonchev–Trinajstić information content (AvgIpc) is 3.10. The number of ether oxygens (including phenoxy) is 1. The minimum Gasteiger partial charge on any atom is -0.394 e. The lowest BCUT2D eigenvalue weighted by Gasteiger charge is -2.13. The van der Waals surface area contributed by atoms with Crippen molar-refractivity contribution in [2.45, 2.75) is 29.9 Å². The Balaban J connectivity index is 1.92. The Bertz CT molecular complexity index is 710. The Kier molecular flexibility index (Phi) is 5.07. The van der Waals surface area contributed by atoms with E-state index in [1.807, 2.05) is 0 Å². The zero-order valence-corrected chi connectivity index (χ0v) is 13.8. The minimum atomic E-state index is -0.723. The Morgan fingerprint density at radius 3 is 3.04 bits per heavy atom. The van der Waals surface area contributed by atoms with Crippen LogP contribution >= 0.6 is 21.6 Å². The Hall–Kier alpha value is -1.33. The highest BCUT2D eigenvalue weighted by molar-refractivity contribution is 8.76. The summed E-state index contributed by atoms with van der Waals surface area (Å²) >= 11 is 0. The van der Waals surface area contributed by atoms with E-state index in [1.54, 1.807) is 27.8 Å². The van der Waals surface area contributed by atoms with Gasteiger partial charge in [0.1, 0.15) is 22.9 Å². The number of rotatable bonds is 6. The second-order valence-electron chi connectivity index (χ2n) is 4.98. The molecule has 1 aliphatic rings. The van der Waals surface area contributed by atoms with Crippen molar-refractivity contribution < 1.29 is 14.9 Å². The average molecular weight is 355 g/mol. The number of hydrogen-bond donors (Lipinski definition) is 3. The van der Waals surface area contributed by atoms with Crippen molar-refractivity contribution >= 4 is 38.7 Å². The molecule has 2 aromatic heterocycles. The van der Waals surface area contributed by atoms with Crippen LogP contribution in [0.5, 0.6) is 0 Å². The molecule has 1 saturated heterocycles. The first-order valence-electron chi connectivity index (χ1n) is 6.98. The molecule has 3 rings (SSSR count). The van der Waals surface area contributed by atoms with Gasteiger partial charge in [-0.15, -0.1) is 6.58 Å². The first kappa shape index (κ1) is 16.5. The number of nitrogens with two attached hydrogens (primary N) is 1. The van der Waals surface area contributed by atoms with Crippen molar-refractivity contribution in [1.82, 2.24) is 19.5 Å². The van der Waals surface area contributed by atoms with E-state index in [9.17, 15) is 10.2 Å². The van der Waals surface area contributed by atoms with Gasteiger partial charge in [-0.2, -0.15) is 4.98 Å². The van der Waals surface area contributed by atoms with Gasteiger partial charge in [0.05, 0.1) is 19.0 Å². The summed E-state index contributed by atoms with van der Waals surface area (Å²) in [6.07, 6.45) is 1.99. The van der Waals surface area contributed by atoms with Crippen LogP contribution in [0.15, 0.2) is 24.0 Å². The topological polar surface area (TPSA) is 119 Å². The first-order valence-corrected chi connectivity index (χ1v) is 9.30. The highest BCUT2D eigenvalue weighted by atomic mass is 33.1. The van der Waals surface area contributed by atoms with Crippen LogP contribution in [0.3, 0.4) is 0 Å². The van der Waals surface area contributed by atoms with Gasteiger partial charge in [0.25, 0.3) is 0 Å². The summed E-state index contributed by atoms with van der Waals surface area (Å²) in [4.78, 5) is 12.8. The van der Waals surface area contributed by atoms with Crippen LogP contribution in [0.4, 0.5) is 5.95 Å². The second kappa shape index (κ2) is 7.05. The Labute approximate surface area is 140 Å². The predicted molar refractivity (Wildman–Crippen MR) is 89.9 cm³/mol. The van der Waals surface area contributed by atoms with Crippen molar-refractivity contribution in [3.8, 4) is 0 Å². The summed E-state index contributed by atoms with van der Waals surface area (Å²) in [6.45, 7) is 3.44. The van der Waals surface area contributed by atoms with Crippen LogP contribution in [0.25, 0.3) is 11.2 Å². The molecule has 8 nitrogen and oxygen atoms in total. The van der Waals surface area contributed by atoms with E-state index in [2.05, 4.69) is 21.5 Å². The fraction of sp³-hybridized carbons (Fsp3) is 0.462. The molecule has 3 heterocycles. The monoisotopic (exact) mass is 355 g/mol. The van der Waals surface area contributed by atoms with E-state index in [4.69, 9.17) is 10.5 Å². The number of anilines is 1. The summed E-state index contributed by atoms with van der Waals surface area (Å²) in [5.41, 5.74) is 6.98. The van der Waals surface area contributed by atoms with Crippen LogP contribution in [-0.4, -0.2) is 54.3 Å². The smallest absolute Gasteiger partial charge is 0.223 e. The molecular weight excluding hydrogens is 338 g/mol. The van der Waals surface area contributed by atoms with Gasteiger partial charge in [0, 0.05) is 12.2 Å². The lowest BCUT2D eigenvalue weighted by Crippen LogP contribution is -2.24. The minimum absolute atomic E-state index is 0.151. The van der Waals surface area contributed by atoms with E-state index >= 15 is 0 Å². The zero-order chi connectivity index (χ0) is 16.4. The molecule has 2 aromatic rings. The number of aromatic nitrogens is 4. The summed E-state index contributed by atoms with van der Waals surface area (Å²) in [6, 6.07) is 0. The SMILES string of the molecule is C=CCSSc1nc(N)nc2c1ncn2[C@@H]1C[C@H](O)[C@@H](CO)O1. The Morgan fingerprint density at radius 2 is 2.35 bits per heavy atom. The van der Waals surface area contributed by atoms with Gasteiger partial charge >= 0.3 is 0 Å². The van der Waals surface area contributed by atoms with E-state index in [-0.39, 0.29) is 12.6 Å². The Morgan fingerprint density at radius 1 is 1.52 bits per heavy atom. The van der Waals surface area contributed by atoms with Gasteiger partial charge in [-0.3, -0.25) is 4.57 Å². The fourth-order valence-electron chi connectivity index (χ4n) is 2.36. The molecular formula is C13H17N5O3S2. The molecule has 1 fully saturated rings. The quantitative estimate of drug-likeness (QED) is 0.301. The van der Waals surface area contributed by atoms with Gasteiger partial charge in [0.15, 0.2) is 5.65 Å². The lowest BCUT2D eigenvalue weighted by molar-refractivity contribution is -0.0432. The molecule has 4 N–H and O–H groups in total. The van der Waals surface area contributed by atoms with Gasteiger partial charge in [-0.05, 0) is 10.8 Å². The van der Waals surface area contributed by atoms with E-state index in [1.165, 1.54) is 10.8 Å². The molecule has 23 heavy (non-hydrogen) atoms. The lowest BCUT2D eigenvalue weighted by atomic mass is 10.2. The molecule has 1 aliphatic heterocycles. The van der Waals surface area contributed by atoms with Crippen LogP contribution in [0.1, 0.15) is 12.6 Å². The third-order valence-corrected chi connectivity index (χ3v) is 5.59. The number of imidazole rings is 1.